The van der Waals surface area contributed by atoms with Crippen LogP contribution in [0.1, 0.15) is 0 Å². The Morgan fingerprint density at radius 3 is 2.39 bits per heavy atom. The molecule has 4 aromatic rings. The first-order valence-corrected chi connectivity index (χ1v) is 7.87. The Bertz CT molecular complexity index is 969. The van der Waals surface area contributed by atoms with Crippen molar-refractivity contribution in [3.63, 3.8) is 0 Å². The normalized spacial score (nSPS) is 11.0. The zero-order valence-electron chi connectivity index (χ0n) is 12.0. The maximum Gasteiger partial charge on any atom is 0.218 e. The average molecular weight is 320 g/mol. The number of benzene rings is 3. The number of aromatic hydroxyl groups is 1. The van der Waals surface area contributed by atoms with E-state index in [9.17, 15) is 5.11 Å². The zero-order chi connectivity index (χ0) is 15.6. The second-order valence-electron chi connectivity index (χ2n) is 4.94. The van der Waals surface area contributed by atoms with E-state index in [0.29, 0.717) is 5.16 Å². The molecule has 1 heterocycles. The third-order valence-corrected chi connectivity index (χ3v) is 4.52. The Hall–Kier alpha value is -2.86. The van der Waals surface area contributed by atoms with Gasteiger partial charge in [-0.1, -0.05) is 42.5 Å². The summed E-state index contributed by atoms with van der Waals surface area (Å²) in [6, 6.07) is 21.1. The Kier molecular flexibility index (Phi) is 3.44. The predicted octanol–water partition coefficient (Wildman–Crippen LogP) is 3.67. The number of phenolic OH excluding ortho intramolecular Hbond substituents is 1. The first-order valence-electron chi connectivity index (χ1n) is 7.05. The van der Waals surface area contributed by atoms with Crippen molar-refractivity contribution < 1.29 is 5.11 Å². The Balaban J connectivity index is 1.79. The molecule has 112 valence electrons. The highest BCUT2D eigenvalue weighted by atomic mass is 32.2. The van der Waals surface area contributed by atoms with Crippen LogP contribution in [0.25, 0.3) is 16.5 Å². The molecule has 0 fully saturated rings. The van der Waals surface area contributed by atoms with Gasteiger partial charge in [-0.3, -0.25) is 0 Å². The van der Waals surface area contributed by atoms with E-state index in [0.717, 1.165) is 21.4 Å². The first kappa shape index (κ1) is 13.8. The lowest BCUT2D eigenvalue weighted by Gasteiger charge is -2.08. The van der Waals surface area contributed by atoms with Crippen LogP contribution in [0.4, 0.5) is 0 Å². The van der Waals surface area contributed by atoms with E-state index in [-0.39, 0.29) is 5.75 Å². The van der Waals surface area contributed by atoms with Crippen molar-refractivity contribution in [2.45, 2.75) is 10.1 Å². The highest BCUT2D eigenvalue weighted by Crippen LogP contribution is 2.36. The molecular weight excluding hydrogens is 308 g/mol. The molecule has 0 aliphatic heterocycles. The lowest BCUT2D eigenvalue weighted by Crippen LogP contribution is -1.98. The van der Waals surface area contributed by atoms with Gasteiger partial charge in [0, 0.05) is 10.3 Å². The van der Waals surface area contributed by atoms with Crippen molar-refractivity contribution in [1.82, 2.24) is 20.2 Å². The molecule has 4 rings (SSSR count). The van der Waals surface area contributed by atoms with Crippen LogP contribution < -0.4 is 0 Å². The number of hydrogen-bond acceptors (Lipinski definition) is 5. The smallest absolute Gasteiger partial charge is 0.218 e. The molecule has 0 spiro atoms. The largest absolute Gasteiger partial charge is 0.507 e. The molecule has 0 saturated carbocycles. The number of rotatable bonds is 3. The third kappa shape index (κ3) is 2.53. The third-order valence-electron chi connectivity index (χ3n) is 3.50. The van der Waals surface area contributed by atoms with Crippen LogP contribution in [0.5, 0.6) is 5.75 Å². The summed E-state index contributed by atoms with van der Waals surface area (Å²) in [5.74, 6) is 0.271. The summed E-state index contributed by atoms with van der Waals surface area (Å²) in [6.45, 7) is 0. The minimum absolute atomic E-state index is 0.271. The van der Waals surface area contributed by atoms with Gasteiger partial charge in [-0.15, -0.1) is 5.10 Å². The lowest BCUT2D eigenvalue weighted by atomic mass is 10.1. The van der Waals surface area contributed by atoms with Crippen molar-refractivity contribution in [3.05, 3.63) is 66.7 Å². The van der Waals surface area contributed by atoms with E-state index in [2.05, 4.69) is 15.5 Å². The minimum atomic E-state index is 0.271. The van der Waals surface area contributed by atoms with Gasteiger partial charge in [-0.25, -0.2) is 0 Å². The van der Waals surface area contributed by atoms with Crippen LogP contribution in [-0.2, 0) is 0 Å². The van der Waals surface area contributed by atoms with Crippen LogP contribution in [0, 0.1) is 0 Å². The summed E-state index contributed by atoms with van der Waals surface area (Å²) in [4.78, 5) is 0.991. The van der Waals surface area contributed by atoms with Gasteiger partial charge in [0.15, 0.2) is 0 Å². The summed E-state index contributed by atoms with van der Waals surface area (Å²) < 4.78 is 1.70. The van der Waals surface area contributed by atoms with Crippen molar-refractivity contribution in [3.8, 4) is 11.4 Å². The van der Waals surface area contributed by atoms with Gasteiger partial charge >= 0.3 is 0 Å². The standard InChI is InChI=1S/C17H12N4OS/c22-15-10-11-16(14-9-5-4-8-13(14)15)23-17-18-19-20-21(17)12-6-2-1-3-7-12/h1-11,22H. The summed E-state index contributed by atoms with van der Waals surface area (Å²) >= 11 is 1.47. The van der Waals surface area contributed by atoms with Gasteiger partial charge in [0.05, 0.1) is 5.69 Å². The maximum atomic E-state index is 10.00. The SMILES string of the molecule is Oc1ccc(Sc2nnnn2-c2ccccc2)c2ccccc12. The number of aromatic nitrogens is 4. The molecule has 1 N–H and O–H groups in total. The number of fused-ring (bicyclic) bond motifs is 1. The lowest BCUT2D eigenvalue weighted by molar-refractivity contribution is 0.481. The molecule has 5 nitrogen and oxygen atoms in total. The van der Waals surface area contributed by atoms with Crippen molar-refractivity contribution in [2.75, 3.05) is 0 Å². The van der Waals surface area contributed by atoms with Crippen LogP contribution in [-0.4, -0.2) is 25.3 Å². The molecule has 0 atom stereocenters. The summed E-state index contributed by atoms with van der Waals surface area (Å²) in [6.07, 6.45) is 0. The number of tetrazole rings is 1. The molecular formula is C17H12N4OS. The van der Waals surface area contributed by atoms with Crippen molar-refractivity contribution in [1.29, 1.82) is 0 Å². The summed E-state index contributed by atoms with van der Waals surface area (Å²) in [5, 5.41) is 24.4. The molecule has 1 aromatic heterocycles. The zero-order valence-corrected chi connectivity index (χ0v) is 12.8. The van der Waals surface area contributed by atoms with Crippen molar-refractivity contribution >= 4 is 22.5 Å². The number of hydrogen-bond donors (Lipinski definition) is 1. The highest BCUT2D eigenvalue weighted by Gasteiger charge is 2.12. The number of para-hydroxylation sites is 1. The second kappa shape index (κ2) is 5.73. The fourth-order valence-corrected chi connectivity index (χ4v) is 3.34. The Labute approximate surface area is 136 Å². The monoisotopic (exact) mass is 320 g/mol. The summed E-state index contributed by atoms with van der Waals surface area (Å²) in [5.41, 5.74) is 0.906. The second-order valence-corrected chi connectivity index (χ2v) is 5.95. The molecule has 23 heavy (non-hydrogen) atoms. The Morgan fingerprint density at radius 2 is 1.57 bits per heavy atom. The van der Waals surface area contributed by atoms with E-state index in [1.165, 1.54) is 11.8 Å². The molecule has 0 amide bonds. The van der Waals surface area contributed by atoms with Crippen LogP contribution in [0.2, 0.25) is 0 Å². The van der Waals surface area contributed by atoms with Gasteiger partial charge in [0.25, 0.3) is 0 Å². The molecule has 0 unspecified atom stereocenters. The summed E-state index contributed by atoms with van der Waals surface area (Å²) in [7, 11) is 0. The van der Waals surface area contributed by atoms with Crippen LogP contribution >= 0.6 is 11.8 Å². The van der Waals surface area contributed by atoms with Crippen molar-refractivity contribution in [2.24, 2.45) is 0 Å². The van der Waals surface area contributed by atoms with E-state index < -0.39 is 0 Å². The molecule has 0 bridgehead atoms. The number of nitrogens with zero attached hydrogens (tertiary/aromatic N) is 4. The molecule has 0 saturated heterocycles. The van der Waals surface area contributed by atoms with Gasteiger partial charge in [0.2, 0.25) is 5.16 Å². The van der Waals surface area contributed by atoms with E-state index >= 15 is 0 Å². The Morgan fingerprint density at radius 1 is 0.826 bits per heavy atom. The molecule has 0 aliphatic carbocycles. The van der Waals surface area contributed by atoms with Gasteiger partial charge in [-0.05, 0) is 51.8 Å². The van der Waals surface area contributed by atoms with Gasteiger partial charge in [-0.2, -0.15) is 4.68 Å². The van der Waals surface area contributed by atoms with E-state index in [1.807, 2.05) is 60.7 Å². The maximum absolute atomic E-state index is 10.00. The molecule has 0 radical (unpaired) electrons. The molecule has 0 aliphatic rings. The van der Waals surface area contributed by atoms with E-state index in [1.54, 1.807) is 10.7 Å². The quantitative estimate of drug-likeness (QED) is 0.624. The van der Waals surface area contributed by atoms with Gasteiger partial charge in [0.1, 0.15) is 5.75 Å². The van der Waals surface area contributed by atoms with E-state index in [4.69, 9.17) is 0 Å². The van der Waals surface area contributed by atoms with Gasteiger partial charge < -0.3 is 5.11 Å². The van der Waals surface area contributed by atoms with Crippen LogP contribution in [0.15, 0.2) is 76.8 Å². The highest BCUT2D eigenvalue weighted by molar-refractivity contribution is 7.99. The minimum Gasteiger partial charge on any atom is -0.507 e. The molecule has 3 aromatic carbocycles. The number of phenols is 1. The topological polar surface area (TPSA) is 63.8 Å². The van der Waals surface area contributed by atoms with Crippen LogP contribution in [0.3, 0.4) is 0 Å². The average Bonchev–Trinajstić information content (AvgIpc) is 3.07. The predicted molar refractivity (Wildman–Crippen MR) is 88.9 cm³/mol. The first-order chi connectivity index (χ1) is 11.3. The fraction of sp³-hybridized carbons (Fsp3) is 0. The molecule has 6 heteroatoms. The fourth-order valence-electron chi connectivity index (χ4n) is 2.42.